The minimum atomic E-state index is 0.00841. The van der Waals surface area contributed by atoms with E-state index in [1.54, 1.807) is 13.1 Å². The largest absolute Gasteiger partial charge is 0.300 e. The van der Waals surface area contributed by atoms with Crippen LogP contribution in [0.15, 0.2) is 12.3 Å². The van der Waals surface area contributed by atoms with Gasteiger partial charge in [-0.15, -0.1) is 0 Å². The minimum absolute atomic E-state index is 0.00841. The molecule has 0 amide bonds. The van der Waals surface area contributed by atoms with E-state index in [1.807, 2.05) is 6.07 Å². The molecule has 0 aliphatic rings. The molecule has 0 aliphatic carbocycles. The van der Waals surface area contributed by atoms with Crippen LogP contribution in [-0.4, -0.2) is 15.8 Å². The highest BCUT2D eigenvalue weighted by Crippen LogP contribution is 2.19. The molecule has 1 aromatic heterocycles. The molecule has 0 saturated carbocycles. The summed E-state index contributed by atoms with van der Waals surface area (Å²) in [7, 11) is 0. The molecule has 0 radical (unpaired) electrons. The highest BCUT2D eigenvalue weighted by molar-refractivity contribution is 5.77. The molecular weight excluding hydrogens is 176 g/mol. The van der Waals surface area contributed by atoms with Gasteiger partial charge in [0.1, 0.15) is 11.6 Å². The molecule has 0 bridgehead atoms. The van der Waals surface area contributed by atoms with Gasteiger partial charge in [0.2, 0.25) is 0 Å². The number of Topliss-reactive ketones (excluding diaryl/α,β-unsaturated/α-hetero) is 1. The Morgan fingerprint density at radius 1 is 1.43 bits per heavy atom. The van der Waals surface area contributed by atoms with E-state index in [0.717, 1.165) is 5.69 Å². The molecular formula is C11H16N2O. The maximum Gasteiger partial charge on any atom is 0.137 e. The summed E-state index contributed by atoms with van der Waals surface area (Å²) in [6, 6.07) is 1.89. The van der Waals surface area contributed by atoms with Crippen molar-refractivity contribution in [3.8, 4) is 0 Å². The molecule has 1 aromatic rings. The number of carbonyl (C=O) groups excluding carboxylic acids is 1. The van der Waals surface area contributed by atoms with Crippen molar-refractivity contribution in [2.45, 2.75) is 39.5 Å². The van der Waals surface area contributed by atoms with E-state index in [2.05, 4.69) is 30.7 Å². The van der Waals surface area contributed by atoms with E-state index in [1.165, 1.54) is 0 Å². The standard InChI is InChI=1S/C11H16N2O/c1-8(14)7-10-12-6-5-9(13-10)11(2,3)4/h5-6H,7H2,1-4H3. The van der Waals surface area contributed by atoms with E-state index < -0.39 is 0 Å². The van der Waals surface area contributed by atoms with Crippen LogP contribution in [0.2, 0.25) is 0 Å². The van der Waals surface area contributed by atoms with Gasteiger partial charge in [0.25, 0.3) is 0 Å². The van der Waals surface area contributed by atoms with Gasteiger partial charge in [-0.25, -0.2) is 9.97 Å². The first-order chi connectivity index (χ1) is 6.39. The first-order valence-electron chi connectivity index (χ1n) is 4.71. The maximum absolute atomic E-state index is 10.9. The Labute approximate surface area is 84.6 Å². The van der Waals surface area contributed by atoms with Crippen LogP contribution >= 0.6 is 0 Å². The van der Waals surface area contributed by atoms with E-state index in [-0.39, 0.29) is 11.2 Å². The third kappa shape index (κ3) is 2.91. The number of carbonyl (C=O) groups is 1. The lowest BCUT2D eigenvalue weighted by Crippen LogP contribution is -2.15. The first kappa shape index (κ1) is 10.8. The number of ketones is 1. The lowest BCUT2D eigenvalue weighted by molar-refractivity contribution is -0.116. The average Bonchev–Trinajstić information content (AvgIpc) is 2.01. The number of rotatable bonds is 2. The quantitative estimate of drug-likeness (QED) is 0.718. The van der Waals surface area contributed by atoms with Crippen molar-refractivity contribution in [1.29, 1.82) is 0 Å². The Bertz CT molecular complexity index is 339. The number of hydrogen-bond donors (Lipinski definition) is 0. The van der Waals surface area contributed by atoms with Crippen LogP contribution in [0.3, 0.4) is 0 Å². The number of aromatic nitrogens is 2. The van der Waals surface area contributed by atoms with E-state index in [4.69, 9.17) is 0 Å². The van der Waals surface area contributed by atoms with Gasteiger partial charge >= 0.3 is 0 Å². The van der Waals surface area contributed by atoms with Crippen LogP contribution in [0.25, 0.3) is 0 Å². The molecule has 0 aromatic carbocycles. The summed E-state index contributed by atoms with van der Waals surface area (Å²) in [5, 5.41) is 0. The Morgan fingerprint density at radius 2 is 2.07 bits per heavy atom. The molecule has 0 spiro atoms. The van der Waals surface area contributed by atoms with Gasteiger partial charge in [-0.1, -0.05) is 20.8 Å². The molecule has 14 heavy (non-hydrogen) atoms. The smallest absolute Gasteiger partial charge is 0.137 e. The topological polar surface area (TPSA) is 42.9 Å². The summed E-state index contributed by atoms with van der Waals surface area (Å²) in [5.74, 6) is 0.709. The SMILES string of the molecule is CC(=O)Cc1nccc(C(C)(C)C)n1. The fraction of sp³-hybridized carbons (Fsp3) is 0.545. The molecule has 0 unspecified atom stereocenters. The van der Waals surface area contributed by atoms with Gasteiger partial charge in [-0.05, 0) is 13.0 Å². The zero-order valence-electron chi connectivity index (χ0n) is 9.16. The number of nitrogens with zero attached hydrogens (tertiary/aromatic N) is 2. The number of hydrogen-bond acceptors (Lipinski definition) is 3. The highest BCUT2D eigenvalue weighted by Gasteiger charge is 2.16. The zero-order chi connectivity index (χ0) is 10.8. The van der Waals surface area contributed by atoms with Crippen molar-refractivity contribution in [3.05, 3.63) is 23.8 Å². The molecule has 76 valence electrons. The van der Waals surface area contributed by atoms with Crippen LogP contribution in [0.5, 0.6) is 0 Å². The predicted molar refractivity (Wildman–Crippen MR) is 55.1 cm³/mol. The van der Waals surface area contributed by atoms with Crippen molar-refractivity contribution < 1.29 is 4.79 Å². The lowest BCUT2D eigenvalue weighted by Gasteiger charge is -2.17. The van der Waals surface area contributed by atoms with Gasteiger partial charge in [0.15, 0.2) is 0 Å². The van der Waals surface area contributed by atoms with Crippen molar-refractivity contribution in [2.24, 2.45) is 0 Å². The second-order valence-electron chi connectivity index (χ2n) is 4.49. The summed E-state index contributed by atoms with van der Waals surface area (Å²) in [4.78, 5) is 19.3. The van der Waals surface area contributed by atoms with Crippen LogP contribution in [0, 0.1) is 0 Å². The van der Waals surface area contributed by atoms with Crippen LogP contribution in [0.1, 0.15) is 39.2 Å². The molecule has 0 atom stereocenters. The van der Waals surface area contributed by atoms with Gasteiger partial charge in [0, 0.05) is 17.3 Å². The second-order valence-corrected chi connectivity index (χ2v) is 4.49. The third-order valence-corrected chi connectivity index (χ3v) is 1.88. The molecule has 0 N–H and O–H groups in total. The van der Waals surface area contributed by atoms with Crippen LogP contribution in [0.4, 0.5) is 0 Å². The van der Waals surface area contributed by atoms with E-state index in [0.29, 0.717) is 12.2 Å². The molecule has 3 nitrogen and oxygen atoms in total. The summed E-state index contributed by atoms with van der Waals surface area (Å²) in [6.07, 6.45) is 2.04. The van der Waals surface area contributed by atoms with Gasteiger partial charge in [-0.3, -0.25) is 4.79 Å². The molecule has 0 fully saturated rings. The molecule has 0 aliphatic heterocycles. The Hall–Kier alpha value is -1.25. The Kier molecular flexibility index (Phi) is 2.99. The second kappa shape index (κ2) is 3.86. The predicted octanol–water partition coefficient (Wildman–Crippen LogP) is 1.91. The van der Waals surface area contributed by atoms with Crippen molar-refractivity contribution in [3.63, 3.8) is 0 Å². The average molecular weight is 192 g/mol. The van der Waals surface area contributed by atoms with E-state index in [9.17, 15) is 4.79 Å². The Balaban J connectivity index is 2.95. The summed E-state index contributed by atoms with van der Waals surface area (Å²) in [6.45, 7) is 7.82. The lowest BCUT2D eigenvalue weighted by atomic mass is 9.92. The highest BCUT2D eigenvalue weighted by atomic mass is 16.1. The zero-order valence-corrected chi connectivity index (χ0v) is 9.16. The van der Waals surface area contributed by atoms with Gasteiger partial charge < -0.3 is 0 Å². The van der Waals surface area contributed by atoms with E-state index >= 15 is 0 Å². The van der Waals surface area contributed by atoms with Crippen LogP contribution in [-0.2, 0) is 16.6 Å². The van der Waals surface area contributed by atoms with Gasteiger partial charge in [0.05, 0.1) is 6.42 Å². The van der Waals surface area contributed by atoms with Crippen molar-refractivity contribution in [2.75, 3.05) is 0 Å². The minimum Gasteiger partial charge on any atom is -0.300 e. The third-order valence-electron chi connectivity index (χ3n) is 1.88. The summed E-state index contributed by atoms with van der Waals surface area (Å²) >= 11 is 0. The van der Waals surface area contributed by atoms with Crippen molar-refractivity contribution in [1.82, 2.24) is 9.97 Å². The normalized spacial score (nSPS) is 11.4. The Morgan fingerprint density at radius 3 is 2.57 bits per heavy atom. The fourth-order valence-electron chi connectivity index (χ4n) is 1.12. The maximum atomic E-state index is 10.9. The summed E-state index contributed by atoms with van der Waals surface area (Å²) < 4.78 is 0. The first-order valence-corrected chi connectivity index (χ1v) is 4.71. The molecule has 1 heterocycles. The van der Waals surface area contributed by atoms with Gasteiger partial charge in [-0.2, -0.15) is 0 Å². The van der Waals surface area contributed by atoms with Crippen LogP contribution < -0.4 is 0 Å². The van der Waals surface area contributed by atoms with Crippen molar-refractivity contribution >= 4 is 5.78 Å². The summed E-state index contributed by atoms with van der Waals surface area (Å²) in [5.41, 5.74) is 0.984. The monoisotopic (exact) mass is 192 g/mol. The molecule has 3 heteroatoms. The molecule has 1 rings (SSSR count). The fourth-order valence-corrected chi connectivity index (χ4v) is 1.12. The molecule has 0 saturated heterocycles.